The van der Waals surface area contributed by atoms with Crippen LogP contribution in [-0.2, 0) is 4.79 Å². The maximum absolute atomic E-state index is 12.4. The molecule has 0 spiro atoms. The first-order valence-electron chi connectivity index (χ1n) is 9.30. The van der Waals surface area contributed by atoms with Crippen molar-refractivity contribution in [2.24, 2.45) is 0 Å². The Morgan fingerprint density at radius 3 is 2.59 bits per heavy atom. The number of nitrogens with one attached hydrogen (secondary N) is 1. The molecule has 2 aromatic carbocycles. The Bertz CT molecular complexity index is 1180. The smallest absolute Gasteiger partial charge is 0.234 e. The van der Waals surface area contributed by atoms with Crippen LogP contribution in [0.3, 0.4) is 0 Å². The molecular formula is C23H21N3OS2. The van der Waals surface area contributed by atoms with E-state index in [0.29, 0.717) is 5.75 Å². The molecule has 0 unspecified atom stereocenters. The van der Waals surface area contributed by atoms with E-state index in [4.69, 9.17) is 0 Å². The summed E-state index contributed by atoms with van der Waals surface area (Å²) in [6.07, 6.45) is 1.57. The van der Waals surface area contributed by atoms with Gasteiger partial charge in [-0.15, -0.1) is 11.3 Å². The van der Waals surface area contributed by atoms with Crippen LogP contribution in [0.15, 0.2) is 59.2 Å². The van der Waals surface area contributed by atoms with Crippen LogP contribution in [0, 0.1) is 20.8 Å². The predicted octanol–water partition coefficient (Wildman–Crippen LogP) is 6.01. The average molecular weight is 420 g/mol. The van der Waals surface area contributed by atoms with Crippen LogP contribution in [0.2, 0.25) is 0 Å². The molecule has 4 rings (SSSR count). The van der Waals surface area contributed by atoms with E-state index < -0.39 is 0 Å². The number of thiophene rings is 1. The highest BCUT2D eigenvalue weighted by Gasteiger charge is 2.15. The number of rotatable bonds is 5. The van der Waals surface area contributed by atoms with E-state index >= 15 is 0 Å². The van der Waals surface area contributed by atoms with Crippen LogP contribution in [0.4, 0.5) is 5.69 Å². The van der Waals surface area contributed by atoms with Crippen molar-refractivity contribution in [3.8, 4) is 11.1 Å². The zero-order chi connectivity index (χ0) is 20.4. The minimum Gasteiger partial charge on any atom is -0.325 e. The number of hydrogen-bond acceptors (Lipinski definition) is 5. The molecule has 0 aliphatic carbocycles. The van der Waals surface area contributed by atoms with Gasteiger partial charge in [0.25, 0.3) is 0 Å². The third-order valence-electron chi connectivity index (χ3n) is 4.83. The van der Waals surface area contributed by atoms with Gasteiger partial charge in [0, 0.05) is 16.6 Å². The molecule has 146 valence electrons. The summed E-state index contributed by atoms with van der Waals surface area (Å²) in [7, 11) is 0. The molecule has 6 heteroatoms. The van der Waals surface area contributed by atoms with Gasteiger partial charge in [0.15, 0.2) is 0 Å². The van der Waals surface area contributed by atoms with Crippen molar-refractivity contribution >= 4 is 44.9 Å². The Labute approximate surface area is 178 Å². The van der Waals surface area contributed by atoms with Gasteiger partial charge in [0.2, 0.25) is 5.91 Å². The van der Waals surface area contributed by atoms with Crippen molar-refractivity contribution in [2.75, 3.05) is 11.1 Å². The number of benzene rings is 2. The molecule has 1 amide bonds. The summed E-state index contributed by atoms with van der Waals surface area (Å²) in [4.78, 5) is 22.2. The first-order chi connectivity index (χ1) is 14.0. The predicted molar refractivity (Wildman–Crippen MR) is 123 cm³/mol. The normalized spacial score (nSPS) is 11.0. The largest absolute Gasteiger partial charge is 0.325 e. The van der Waals surface area contributed by atoms with Crippen LogP contribution < -0.4 is 5.32 Å². The van der Waals surface area contributed by atoms with Crippen molar-refractivity contribution < 1.29 is 4.79 Å². The number of anilines is 1. The second-order valence-corrected chi connectivity index (χ2v) is 8.83. The molecule has 0 fully saturated rings. The Hall–Kier alpha value is -2.70. The number of thioether (sulfide) groups is 1. The summed E-state index contributed by atoms with van der Waals surface area (Å²) in [5, 5.41) is 6.92. The highest BCUT2D eigenvalue weighted by atomic mass is 32.2. The second kappa shape index (κ2) is 8.35. The summed E-state index contributed by atoms with van der Waals surface area (Å²) in [6, 6.07) is 14.3. The molecule has 2 aromatic heterocycles. The zero-order valence-electron chi connectivity index (χ0n) is 16.5. The molecule has 4 aromatic rings. The SMILES string of the molecule is Cc1ccc(NC(=O)CSc2ncnc3scc(-c4ccc(C)c(C)c4)c23)cc1. The lowest BCUT2D eigenvalue weighted by molar-refractivity contribution is -0.113. The van der Waals surface area contributed by atoms with Gasteiger partial charge in [0.05, 0.1) is 11.1 Å². The van der Waals surface area contributed by atoms with Gasteiger partial charge in [-0.3, -0.25) is 4.79 Å². The number of aryl methyl sites for hydroxylation is 3. The highest BCUT2D eigenvalue weighted by Crippen LogP contribution is 2.38. The molecule has 0 aliphatic heterocycles. The van der Waals surface area contributed by atoms with Gasteiger partial charge in [-0.1, -0.05) is 47.7 Å². The van der Waals surface area contributed by atoms with E-state index in [1.54, 1.807) is 17.7 Å². The van der Waals surface area contributed by atoms with Crippen LogP contribution in [0.1, 0.15) is 16.7 Å². The molecule has 0 bridgehead atoms. The number of amides is 1. The molecular weight excluding hydrogens is 398 g/mol. The van der Waals surface area contributed by atoms with E-state index in [1.807, 2.05) is 31.2 Å². The summed E-state index contributed by atoms with van der Waals surface area (Å²) < 4.78 is 0. The van der Waals surface area contributed by atoms with Crippen molar-refractivity contribution in [1.82, 2.24) is 9.97 Å². The Kier molecular flexibility index (Phi) is 5.65. The van der Waals surface area contributed by atoms with E-state index in [9.17, 15) is 4.79 Å². The van der Waals surface area contributed by atoms with Crippen LogP contribution in [0.25, 0.3) is 21.3 Å². The first kappa shape index (κ1) is 19.6. The zero-order valence-corrected chi connectivity index (χ0v) is 18.2. The molecule has 4 nitrogen and oxygen atoms in total. The topological polar surface area (TPSA) is 54.9 Å². The third kappa shape index (κ3) is 4.33. The van der Waals surface area contributed by atoms with Crippen LogP contribution >= 0.6 is 23.1 Å². The fourth-order valence-corrected chi connectivity index (χ4v) is 4.84. The van der Waals surface area contributed by atoms with Gasteiger partial charge in [-0.25, -0.2) is 9.97 Å². The molecule has 0 atom stereocenters. The van der Waals surface area contributed by atoms with Crippen LogP contribution in [0.5, 0.6) is 0 Å². The van der Waals surface area contributed by atoms with Crippen molar-refractivity contribution in [2.45, 2.75) is 25.8 Å². The lowest BCUT2D eigenvalue weighted by Gasteiger charge is -2.08. The molecule has 0 saturated heterocycles. The molecule has 0 saturated carbocycles. The monoisotopic (exact) mass is 419 g/mol. The molecule has 0 aliphatic rings. The van der Waals surface area contributed by atoms with E-state index in [2.05, 4.69) is 52.7 Å². The summed E-state index contributed by atoms with van der Waals surface area (Å²) in [5.74, 6) is 0.246. The molecule has 29 heavy (non-hydrogen) atoms. The van der Waals surface area contributed by atoms with Crippen LogP contribution in [-0.4, -0.2) is 21.6 Å². The van der Waals surface area contributed by atoms with Crippen molar-refractivity contribution in [3.05, 3.63) is 70.9 Å². The number of aromatic nitrogens is 2. The number of fused-ring (bicyclic) bond motifs is 1. The lowest BCUT2D eigenvalue weighted by Crippen LogP contribution is -2.14. The van der Waals surface area contributed by atoms with Gasteiger partial charge in [0.1, 0.15) is 16.2 Å². The molecule has 1 N–H and O–H groups in total. The first-order valence-corrected chi connectivity index (χ1v) is 11.2. The van der Waals surface area contributed by atoms with Gasteiger partial charge >= 0.3 is 0 Å². The minimum absolute atomic E-state index is 0.0476. The van der Waals surface area contributed by atoms with E-state index in [0.717, 1.165) is 37.6 Å². The number of carbonyl (C=O) groups excluding carboxylic acids is 1. The Balaban J connectivity index is 1.57. The standard InChI is InChI=1S/C23H21N3OS2/c1-14-4-8-18(9-5-14)26-20(27)12-29-23-21-19(11-28-22(21)24-13-25-23)17-7-6-15(2)16(3)10-17/h4-11,13H,12H2,1-3H3,(H,26,27). The summed E-state index contributed by atoms with van der Waals surface area (Å²) >= 11 is 3.05. The quantitative estimate of drug-likeness (QED) is 0.318. The van der Waals surface area contributed by atoms with Crippen molar-refractivity contribution in [3.63, 3.8) is 0 Å². The maximum atomic E-state index is 12.4. The van der Waals surface area contributed by atoms with E-state index in [-0.39, 0.29) is 5.91 Å². The average Bonchev–Trinajstić information content (AvgIpc) is 3.15. The maximum Gasteiger partial charge on any atom is 0.234 e. The second-order valence-electron chi connectivity index (χ2n) is 7.01. The Morgan fingerprint density at radius 1 is 1.03 bits per heavy atom. The van der Waals surface area contributed by atoms with E-state index in [1.165, 1.54) is 22.9 Å². The number of nitrogens with zero attached hydrogens (tertiary/aromatic N) is 2. The highest BCUT2D eigenvalue weighted by molar-refractivity contribution is 8.00. The van der Waals surface area contributed by atoms with Gasteiger partial charge in [-0.2, -0.15) is 0 Å². The van der Waals surface area contributed by atoms with Gasteiger partial charge < -0.3 is 5.32 Å². The fourth-order valence-electron chi connectivity index (χ4n) is 3.05. The number of hydrogen-bond donors (Lipinski definition) is 1. The lowest BCUT2D eigenvalue weighted by atomic mass is 10.0. The fraction of sp³-hybridized carbons (Fsp3) is 0.174. The molecule has 2 heterocycles. The third-order valence-corrected chi connectivity index (χ3v) is 6.70. The van der Waals surface area contributed by atoms with Gasteiger partial charge in [-0.05, 0) is 49.6 Å². The minimum atomic E-state index is -0.0476. The Morgan fingerprint density at radius 2 is 1.83 bits per heavy atom. The number of carbonyl (C=O) groups is 1. The van der Waals surface area contributed by atoms with Crippen molar-refractivity contribution in [1.29, 1.82) is 0 Å². The summed E-state index contributed by atoms with van der Waals surface area (Å²) in [5.41, 5.74) is 6.77. The molecule has 0 radical (unpaired) electrons. The summed E-state index contributed by atoms with van der Waals surface area (Å²) in [6.45, 7) is 6.26.